The summed E-state index contributed by atoms with van der Waals surface area (Å²) in [6, 6.07) is 15.2. The van der Waals surface area contributed by atoms with E-state index in [1.54, 1.807) is 13.4 Å². The van der Waals surface area contributed by atoms with Crippen molar-refractivity contribution in [3.05, 3.63) is 66.0 Å². The summed E-state index contributed by atoms with van der Waals surface area (Å²) in [5.41, 5.74) is 2.63. The van der Waals surface area contributed by atoms with Crippen molar-refractivity contribution in [2.45, 2.75) is 24.9 Å². The third-order valence-electron chi connectivity index (χ3n) is 4.49. The van der Waals surface area contributed by atoms with Crippen LogP contribution >= 0.6 is 11.8 Å². The van der Waals surface area contributed by atoms with Crippen LogP contribution in [-0.2, 0) is 11.2 Å². The minimum absolute atomic E-state index is 0.0185. The average Bonchev–Trinajstić information content (AvgIpc) is 3.23. The molecule has 0 aliphatic carbocycles. The molecule has 0 aliphatic rings. The zero-order chi connectivity index (χ0) is 21.3. The molecule has 1 amide bonds. The molecule has 3 aromatic rings. The number of ether oxygens (including phenoxy) is 1. The minimum atomic E-state index is -0.0185. The number of amides is 1. The van der Waals surface area contributed by atoms with E-state index in [-0.39, 0.29) is 17.4 Å². The van der Waals surface area contributed by atoms with Crippen LogP contribution in [0.5, 0.6) is 5.75 Å². The van der Waals surface area contributed by atoms with Gasteiger partial charge in [0.05, 0.1) is 18.6 Å². The Morgan fingerprint density at radius 2 is 1.90 bits per heavy atom. The summed E-state index contributed by atoms with van der Waals surface area (Å²) in [6.07, 6.45) is 3.33. The van der Waals surface area contributed by atoms with Gasteiger partial charge in [-0.25, -0.2) is 0 Å². The molecule has 2 aromatic carbocycles. The highest BCUT2D eigenvalue weighted by Gasteiger charge is 2.14. The Kier molecular flexibility index (Phi) is 7.62. The van der Waals surface area contributed by atoms with Crippen molar-refractivity contribution in [3.8, 4) is 11.4 Å². The highest BCUT2D eigenvalue weighted by Crippen LogP contribution is 2.27. The lowest BCUT2D eigenvalue weighted by atomic mass is 10.1. The van der Waals surface area contributed by atoms with Crippen LogP contribution in [0.25, 0.3) is 5.69 Å². The van der Waals surface area contributed by atoms with E-state index in [0.29, 0.717) is 23.0 Å². The second-order valence-electron chi connectivity index (χ2n) is 6.65. The first-order valence-electron chi connectivity index (χ1n) is 9.61. The number of ketones is 1. The van der Waals surface area contributed by atoms with Crippen molar-refractivity contribution in [1.29, 1.82) is 0 Å². The summed E-state index contributed by atoms with van der Waals surface area (Å²) >= 11 is 1.34. The van der Waals surface area contributed by atoms with Crippen molar-refractivity contribution >= 4 is 23.5 Å². The van der Waals surface area contributed by atoms with E-state index >= 15 is 0 Å². The van der Waals surface area contributed by atoms with Gasteiger partial charge in [-0.2, -0.15) is 0 Å². The number of benzene rings is 2. The summed E-state index contributed by atoms with van der Waals surface area (Å²) in [5, 5.41) is 11.5. The van der Waals surface area contributed by atoms with Gasteiger partial charge < -0.3 is 10.1 Å². The topological polar surface area (TPSA) is 86.1 Å². The van der Waals surface area contributed by atoms with Gasteiger partial charge in [-0.1, -0.05) is 48.2 Å². The number of rotatable bonds is 10. The molecule has 0 saturated heterocycles. The molecule has 156 valence electrons. The molecule has 0 saturated carbocycles. The Hall–Kier alpha value is -3.13. The van der Waals surface area contributed by atoms with Crippen LogP contribution in [0.2, 0.25) is 0 Å². The molecule has 3 rings (SSSR count). The smallest absolute Gasteiger partial charge is 0.216 e. The summed E-state index contributed by atoms with van der Waals surface area (Å²) in [6.45, 7) is 2.16. The Balaban J connectivity index is 1.58. The minimum Gasteiger partial charge on any atom is -0.495 e. The predicted octanol–water partition coefficient (Wildman–Crippen LogP) is 3.32. The number of thioether (sulfide) groups is 1. The maximum absolute atomic E-state index is 12.6. The molecule has 30 heavy (non-hydrogen) atoms. The Morgan fingerprint density at radius 3 is 2.63 bits per heavy atom. The first-order chi connectivity index (χ1) is 14.6. The summed E-state index contributed by atoms with van der Waals surface area (Å²) < 4.78 is 7.22. The number of nitrogens with one attached hydrogen (secondary N) is 1. The second kappa shape index (κ2) is 10.6. The second-order valence-corrected chi connectivity index (χ2v) is 7.59. The number of carbonyl (C=O) groups is 2. The number of aromatic nitrogens is 3. The number of para-hydroxylation sites is 2. The summed E-state index contributed by atoms with van der Waals surface area (Å²) in [4.78, 5) is 23.5. The average molecular weight is 425 g/mol. The SMILES string of the molecule is COc1ccccc1-n1cnnc1SCC(=O)c1ccc(CCCNC(C)=O)cc1. The number of Topliss-reactive ketones (excluding diaryl/α,β-unsaturated/α-hetero) is 1. The van der Waals surface area contributed by atoms with Gasteiger partial charge in [0, 0.05) is 19.0 Å². The lowest BCUT2D eigenvalue weighted by Crippen LogP contribution is -2.21. The molecule has 1 heterocycles. The van der Waals surface area contributed by atoms with E-state index in [0.717, 1.165) is 24.1 Å². The zero-order valence-corrected chi connectivity index (χ0v) is 17.8. The van der Waals surface area contributed by atoms with E-state index in [9.17, 15) is 9.59 Å². The fourth-order valence-corrected chi connectivity index (χ4v) is 3.76. The molecule has 1 N–H and O–H groups in total. The van der Waals surface area contributed by atoms with Crippen LogP contribution in [-0.4, -0.2) is 45.9 Å². The highest BCUT2D eigenvalue weighted by molar-refractivity contribution is 7.99. The number of hydrogen-bond donors (Lipinski definition) is 1. The van der Waals surface area contributed by atoms with E-state index in [4.69, 9.17) is 4.74 Å². The van der Waals surface area contributed by atoms with Crippen molar-refractivity contribution < 1.29 is 14.3 Å². The molecule has 0 aliphatic heterocycles. The molecular weight excluding hydrogens is 400 g/mol. The summed E-state index contributed by atoms with van der Waals surface area (Å²) in [5.74, 6) is 0.976. The van der Waals surface area contributed by atoms with Crippen molar-refractivity contribution in [2.75, 3.05) is 19.4 Å². The van der Waals surface area contributed by atoms with Crippen LogP contribution in [0, 0.1) is 0 Å². The molecule has 0 fully saturated rings. The van der Waals surface area contributed by atoms with Crippen molar-refractivity contribution in [1.82, 2.24) is 20.1 Å². The van der Waals surface area contributed by atoms with E-state index in [1.807, 2.05) is 53.1 Å². The third kappa shape index (κ3) is 5.70. The first kappa shape index (κ1) is 21.6. The fourth-order valence-electron chi connectivity index (χ4n) is 2.94. The van der Waals surface area contributed by atoms with Gasteiger partial charge in [0.15, 0.2) is 10.9 Å². The molecular formula is C22H24N4O3S. The quantitative estimate of drug-likeness (QED) is 0.305. The molecule has 8 heteroatoms. The lowest BCUT2D eigenvalue weighted by Gasteiger charge is -2.10. The van der Waals surface area contributed by atoms with Gasteiger partial charge in [-0.15, -0.1) is 10.2 Å². The van der Waals surface area contributed by atoms with E-state index < -0.39 is 0 Å². The lowest BCUT2D eigenvalue weighted by molar-refractivity contribution is -0.118. The largest absolute Gasteiger partial charge is 0.495 e. The zero-order valence-electron chi connectivity index (χ0n) is 17.0. The Labute approximate surface area is 179 Å². The maximum atomic E-state index is 12.6. The van der Waals surface area contributed by atoms with Crippen LogP contribution in [0.1, 0.15) is 29.3 Å². The fraction of sp³-hybridized carbons (Fsp3) is 0.273. The van der Waals surface area contributed by atoms with Crippen molar-refractivity contribution in [2.24, 2.45) is 0 Å². The van der Waals surface area contributed by atoms with Crippen LogP contribution in [0.4, 0.5) is 0 Å². The standard InChI is InChI=1S/C22H24N4O3S/c1-16(27)23-13-5-6-17-9-11-18(12-10-17)20(28)14-30-22-25-24-15-26(22)19-7-3-4-8-21(19)29-2/h3-4,7-12,15H,5-6,13-14H2,1-2H3,(H,23,27). The molecule has 0 atom stereocenters. The normalized spacial score (nSPS) is 10.6. The number of nitrogens with zero attached hydrogens (tertiary/aromatic N) is 3. The van der Waals surface area contributed by atoms with Gasteiger partial charge in [0.25, 0.3) is 0 Å². The highest BCUT2D eigenvalue weighted by atomic mass is 32.2. The Bertz CT molecular complexity index is 1000. The van der Waals surface area contributed by atoms with Gasteiger partial charge in [0.1, 0.15) is 12.1 Å². The van der Waals surface area contributed by atoms with Crippen LogP contribution in [0.3, 0.4) is 0 Å². The number of carbonyl (C=O) groups excluding carboxylic acids is 2. The van der Waals surface area contributed by atoms with E-state index in [1.165, 1.54) is 18.7 Å². The predicted molar refractivity (Wildman–Crippen MR) is 116 cm³/mol. The molecule has 0 spiro atoms. The van der Waals surface area contributed by atoms with Crippen LogP contribution < -0.4 is 10.1 Å². The van der Waals surface area contributed by atoms with Gasteiger partial charge in [-0.05, 0) is 30.5 Å². The van der Waals surface area contributed by atoms with Gasteiger partial charge >= 0.3 is 0 Å². The molecule has 0 bridgehead atoms. The molecule has 1 aromatic heterocycles. The first-order valence-corrected chi connectivity index (χ1v) is 10.6. The number of methoxy groups -OCH3 is 1. The van der Waals surface area contributed by atoms with Gasteiger partial charge in [-0.3, -0.25) is 14.2 Å². The van der Waals surface area contributed by atoms with Crippen LogP contribution in [0.15, 0.2) is 60.0 Å². The van der Waals surface area contributed by atoms with Gasteiger partial charge in [0.2, 0.25) is 5.91 Å². The van der Waals surface area contributed by atoms with Crippen molar-refractivity contribution in [3.63, 3.8) is 0 Å². The third-order valence-corrected chi connectivity index (χ3v) is 5.43. The maximum Gasteiger partial charge on any atom is 0.216 e. The summed E-state index contributed by atoms with van der Waals surface area (Å²) in [7, 11) is 1.61. The number of hydrogen-bond acceptors (Lipinski definition) is 6. The monoisotopic (exact) mass is 424 g/mol. The molecule has 0 unspecified atom stereocenters. The Morgan fingerprint density at radius 1 is 1.13 bits per heavy atom. The molecule has 0 radical (unpaired) electrons. The van der Waals surface area contributed by atoms with E-state index in [2.05, 4.69) is 15.5 Å². The molecule has 7 nitrogen and oxygen atoms in total. The number of aryl methyl sites for hydroxylation is 1.